The van der Waals surface area contributed by atoms with Gasteiger partial charge in [0, 0.05) is 30.6 Å². The fourth-order valence-corrected chi connectivity index (χ4v) is 3.46. The maximum absolute atomic E-state index is 4.58. The first-order valence-corrected chi connectivity index (χ1v) is 7.94. The summed E-state index contributed by atoms with van der Waals surface area (Å²) in [5, 5.41) is 8.15. The molecule has 1 unspecified atom stereocenters. The van der Waals surface area contributed by atoms with E-state index in [2.05, 4.69) is 67.8 Å². The van der Waals surface area contributed by atoms with Crippen LogP contribution in [0.3, 0.4) is 0 Å². The molecular weight excluding hydrogens is 258 g/mol. The van der Waals surface area contributed by atoms with Crippen LogP contribution in [-0.2, 0) is 25.3 Å². The maximum Gasteiger partial charge on any atom is 0.0624 e. The molecule has 1 heterocycles. The van der Waals surface area contributed by atoms with E-state index >= 15 is 0 Å². The Morgan fingerprint density at radius 1 is 1.29 bits per heavy atom. The number of nitrogens with zero attached hydrogens (tertiary/aromatic N) is 2. The summed E-state index contributed by atoms with van der Waals surface area (Å²) in [6.07, 6.45) is 4.60. The van der Waals surface area contributed by atoms with Crippen molar-refractivity contribution in [3.8, 4) is 0 Å². The fraction of sp³-hybridized carbons (Fsp3) is 0.500. The molecule has 1 N–H and O–H groups in total. The van der Waals surface area contributed by atoms with Crippen molar-refractivity contribution in [3.05, 3.63) is 53.3 Å². The average Bonchev–Trinajstić information content (AvgIpc) is 3.25. The van der Waals surface area contributed by atoms with E-state index in [1.165, 1.54) is 29.8 Å². The lowest BCUT2D eigenvalue weighted by molar-refractivity contribution is 0.432. The van der Waals surface area contributed by atoms with Crippen LogP contribution in [0.1, 0.15) is 36.7 Å². The highest BCUT2D eigenvalue weighted by Gasteiger charge is 2.50. The van der Waals surface area contributed by atoms with Crippen LogP contribution in [-0.4, -0.2) is 22.9 Å². The molecule has 0 saturated heterocycles. The van der Waals surface area contributed by atoms with Crippen molar-refractivity contribution in [2.75, 3.05) is 7.05 Å². The molecule has 1 aromatic heterocycles. The molecule has 21 heavy (non-hydrogen) atoms. The van der Waals surface area contributed by atoms with E-state index in [4.69, 9.17) is 0 Å². The topological polar surface area (TPSA) is 29.9 Å². The minimum absolute atomic E-state index is 0.312. The first-order valence-electron chi connectivity index (χ1n) is 7.94. The van der Waals surface area contributed by atoms with Crippen LogP contribution < -0.4 is 5.32 Å². The number of nitrogens with one attached hydrogen (secondary N) is 1. The zero-order chi connectivity index (χ0) is 14.9. The smallest absolute Gasteiger partial charge is 0.0624 e. The predicted octanol–water partition coefficient (Wildman–Crippen LogP) is 2.84. The van der Waals surface area contributed by atoms with Crippen molar-refractivity contribution in [1.82, 2.24) is 15.1 Å². The number of benzene rings is 1. The molecule has 2 aromatic rings. The second-order valence-corrected chi connectivity index (χ2v) is 6.17. The van der Waals surface area contributed by atoms with E-state index < -0.39 is 0 Å². The molecule has 1 aliphatic carbocycles. The molecule has 3 nitrogen and oxygen atoms in total. The molecule has 1 atom stereocenters. The van der Waals surface area contributed by atoms with E-state index in [9.17, 15) is 0 Å². The summed E-state index contributed by atoms with van der Waals surface area (Å²) in [4.78, 5) is 0. The number of hydrogen-bond acceptors (Lipinski definition) is 2. The van der Waals surface area contributed by atoms with Gasteiger partial charge in [0.25, 0.3) is 0 Å². The van der Waals surface area contributed by atoms with Crippen LogP contribution in [0.2, 0.25) is 0 Å². The van der Waals surface area contributed by atoms with Gasteiger partial charge in [-0.2, -0.15) is 5.10 Å². The SMILES string of the molecule is CCc1cc(CC(NC)C2(c3ccccc3)CC2)n(C)n1. The Morgan fingerprint density at radius 3 is 2.52 bits per heavy atom. The van der Waals surface area contributed by atoms with Crippen molar-refractivity contribution >= 4 is 0 Å². The van der Waals surface area contributed by atoms with Gasteiger partial charge in [-0.25, -0.2) is 0 Å². The lowest BCUT2D eigenvalue weighted by atomic mass is 9.85. The summed E-state index contributed by atoms with van der Waals surface area (Å²) in [6, 6.07) is 13.7. The Balaban J connectivity index is 1.84. The first kappa shape index (κ1) is 14.3. The Hall–Kier alpha value is -1.61. The van der Waals surface area contributed by atoms with E-state index in [1.54, 1.807) is 0 Å². The highest BCUT2D eigenvalue weighted by atomic mass is 15.3. The maximum atomic E-state index is 4.58. The lowest BCUT2D eigenvalue weighted by Crippen LogP contribution is -2.40. The summed E-state index contributed by atoms with van der Waals surface area (Å²) in [5.41, 5.74) is 4.30. The standard InChI is InChI=1S/C18H25N3/c1-4-15-12-16(21(3)20-15)13-17(19-2)18(10-11-18)14-8-6-5-7-9-14/h5-9,12,17,19H,4,10-11,13H2,1-3H3. The van der Waals surface area contributed by atoms with Crippen molar-refractivity contribution in [1.29, 1.82) is 0 Å². The van der Waals surface area contributed by atoms with Gasteiger partial charge in [0.15, 0.2) is 0 Å². The van der Waals surface area contributed by atoms with Crippen molar-refractivity contribution in [3.63, 3.8) is 0 Å². The summed E-state index contributed by atoms with van der Waals surface area (Å²) in [6.45, 7) is 2.16. The van der Waals surface area contributed by atoms with Gasteiger partial charge < -0.3 is 5.32 Å². The second-order valence-electron chi connectivity index (χ2n) is 6.17. The van der Waals surface area contributed by atoms with Gasteiger partial charge in [0.1, 0.15) is 0 Å². The molecular formula is C18H25N3. The van der Waals surface area contributed by atoms with Crippen molar-refractivity contribution < 1.29 is 0 Å². The molecule has 0 spiro atoms. The van der Waals surface area contributed by atoms with Gasteiger partial charge in [0.05, 0.1) is 5.69 Å². The molecule has 0 bridgehead atoms. The van der Waals surface area contributed by atoms with Crippen LogP contribution in [0.5, 0.6) is 0 Å². The third kappa shape index (κ3) is 2.62. The van der Waals surface area contributed by atoms with Gasteiger partial charge in [0.2, 0.25) is 0 Å². The molecule has 1 aliphatic rings. The number of aromatic nitrogens is 2. The van der Waals surface area contributed by atoms with Crippen LogP contribution in [0.15, 0.2) is 36.4 Å². The molecule has 3 heteroatoms. The van der Waals surface area contributed by atoms with E-state index in [1.807, 2.05) is 4.68 Å². The van der Waals surface area contributed by atoms with E-state index in [0.29, 0.717) is 11.5 Å². The molecule has 0 radical (unpaired) electrons. The Kier molecular flexibility index (Phi) is 3.85. The first-order chi connectivity index (χ1) is 10.2. The zero-order valence-electron chi connectivity index (χ0n) is 13.3. The Labute approximate surface area is 127 Å². The van der Waals surface area contributed by atoms with Crippen molar-refractivity contribution in [2.45, 2.75) is 44.1 Å². The number of rotatable bonds is 6. The van der Waals surface area contributed by atoms with E-state index in [-0.39, 0.29) is 0 Å². The summed E-state index contributed by atoms with van der Waals surface area (Å²) in [7, 11) is 4.15. The summed E-state index contributed by atoms with van der Waals surface area (Å²) >= 11 is 0. The summed E-state index contributed by atoms with van der Waals surface area (Å²) < 4.78 is 2.05. The monoisotopic (exact) mass is 283 g/mol. The Morgan fingerprint density at radius 2 is 2.00 bits per heavy atom. The third-order valence-corrected chi connectivity index (χ3v) is 4.96. The van der Waals surface area contributed by atoms with Crippen molar-refractivity contribution in [2.24, 2.45) is 7.05 Å². The quantitative estimate of drug-likeness (QED) is 0.883. The zero-order valence-corrected chi connectivity index (χ0v) is 13.3. The third-order valence-electron chi connectivity index (χ3n) is 4.96. The van der Waals surface area contributed by atoms with Gasteiger partial charge in [-0.3, -0.25) is 4.68 Å². The predicted molar refractivity (Wildman–Crippen MR) is 86.5 cm³/mol. The number of likely N-dealkylation sites (N-methyl/N-ethyl adjacent to an activating group) is 1. The second kappa shape index (κ2) is 5.64. The largest absolute Gasteiger partial charge is 0.316 e. The molecule has 1 fully saturated rings. The molecule has 0 aliphatic heterocycles. The van der Waals surface area contributed by atoms with Crippen LogP contribution in [0.4, 0.5) is 0 Å². The Bertz CT molecular complexity index is 596. The molecule has 1 aromatic carbocycles. The fourth-order valence-electron chi connectivity index (χ4n) is 3.46. The summed E-state index contributed by atoms with van der Waals surface area (Å²) in [5.74, 6) is 0. The number of aryl methyl sites for hydroxylation is 2. The average molecular weight is 283 g/mol. The highest BCUT2D eigenvalue weighted by molar-refractivity contribution is 5.34. The molecule has 3 rings (SSSR count). The minimum atomic E-state index is 0.312. The lowest BCUT2D eigenvalue weighted by Gasteiger charge is -2.27. The molecule has 1 saturated carbocycles. The van der Waals surface area contributed by atoms with E-state index in [0.717, 1.165) is 12.8 Å². The normalized spacial score (nSPS) is 17.7. The van der Waals surface area contributed by atoms with Gasteiger partial charge in [-0.15, -0.1) is 0 Å². The molecule has 112 valence electrons. The van der Waals surface area contributed by atoms with Gasteiger partial charge in [-0.05, 0) is 37.9 Å². The molecule has 0 amide bonds. The minimum Gasteiger partial charge on any atom is -0.316 e. The van der Waals surface area contributed by atoms with Gasteiger partial charge >= 0.3 is 0 Å². The van der Waals surface area contributed by atoms with Crippen LogP contribution in [0.25, 0.3) is 0 Å². The highest BCUT2D eigenvalue weighted by Crippen LogP contribution is 2.51. The van der Waals surface area contributed by atoms with Crippen LogP contribution >= 0.6 is 0 Å². The number of hydrogen-bond donors (Lipinski definition) is 1. The van der Waals surface area contributed by atoms with Gasteiger partial charge in [-0.1, -0.05) is 37.3 Å². The van der Waals surface area contributed by atoms with Crippen LogP contribution in [0, 0.1) is 0 Å².